The third kappa shape index (κ3) is 21.7. The summed E-state index contributed by atoms with van der Waals surface area (Å²) in [7, 11) is -12.0. The molecule has 0 unspecified atom stereocenters. The first-order valence-electron chi connectivity index (χ1n) is 15.3. The van der Waals surface area contributed by atoms with Crippen LogP contribution >= 0.6 is 48.0 Å². The molecule has 0 aliphatic rings. The molecule has 0 saturated heterocycles. The standard InChI is InChI=1S/2C17H12F3N2O.2BF4.2HI/c2*18-17(19,20)23-16-3-1-15(2-4-16)22-11-7-14(8-12-22)13-5-9-21-10-6-13;2*2-1(3,4)5;;/h2*1-12H;;;2*1H/q2*+1;2*-1;;. The summed E-state index contributed by atoms with van der Waals surface area (Å²) >= 11 is 0. The summed E-state index contributed by atoms with van der Waals surface area (Å²) in [5.74, 6) is -0.481. The van der Waals surface area contributed by atoms with Crippen LogP contribution in [0.2, 0.25) is 0 Å². The van der Waals surface area contributed by atoms with Gasteiger partial charge in [-0.05, 0) is 70.8 Å². The van der Waals surface area contributed by atoms with Crippen LogP contribution in [0.15, 0.2) is 147 Å². The topological polar surface area (TPSA) is 52.0 Å². The van der Waals surface area contributed by atoms with Crippen molar-refractivity contribution in [3.05, 3.63) is 147 Å². The van der Waals surface area contributed by atoms with Gasteiger partial charge in [0.25, 0.3) is 0 Å². The van der Waals surface area contributed by atoms with Crippen molar-refractivity contribution in [1.82, 2.24) is 9.97 Å². The van der Waals surface area contributed by atoms with E-state index in [9.17, 15) is 60.9 Å². The lowest BCUT2D eigenvalue weighted by molar-refractivity contribution is -0.595. The SMILES string of the molecule is FC(F)(F)Oc1ccc(-[n+]2ccc(-c3ccncc3)cc2)cc1.FC(F)(F)Oc1ccc(-[n+]2ccc(-c3ccncc3)cc2)cc1.F[B-](F)(F)F.F[B-](F)(F)F.I.I. The quantitative estimate of drug-likeness (QED) is 0.0722. The molecule has 4 aromatic heterocycles. The van der Waals surface area contributed by atoms with Crippen molar-refractivity contribution in [2.45, 2.75) is 12.7 Å². The van der Waals surface area contributed by atoms with Gasteiger partial charge in [-0.3, -0.25) is 9.97 Å². The molecule has 0 aliphatic heterocycles. The van der Waals surface area contributed by atoms with Gasteiger partial charge in [0, 0.05) is 73.3 Å². The molecule has 6 rings (SSSR count). The number of hydrogen-bond acceptors (Lipinski definition) is 4. The molecule has 2 aromatic carbocycles. The average molecular weight is 1060 g/mol. The van der Waals surface area contributed by atoms with E-state index in [-0.39, 0.29) is 59.5 Å². The molecule has 0 atom stereocenters. The zero-order chi connectivity index (χ0) is 41.6. The molecule has 0 fully saturated rings. The highest BCUT2D eigenvalue weighted by molar-refractivity contribution is 14.0. The van der Waals surface area contributed by atoms with Crippen molar-refractivity contribution in [3.8, 4) is 45.1 Å². The van der Waals surface area contributed by atoms with Crippen molar-refractivity contribution < 1.29 is 79.5 Å². The van der Waals surface area contributed by atoms with E-state index in [1.54, 1.807) is 49.1 Å². The Labute approximate surface area is 354 Å². The number of ether oxygens (including phenoxy) is 2. The molecule has 0 saturated carbocycles. The van der Waals surface area contributed by atoms with Crippen molar-refractivity contribution >= 4 is 62.5 Å². The number of rotatable bonds is 6. The molecule has 0 radical (unpaired) electrons. The Kier molecular flexibility index (Phi) is 20.3. The summed E-state index contributed by atoms with van der Waals surface area (Å²) < 4.78 is 162. The Morgan fingerprint density at radius 2 is 0.603 bits per heavy atom. The zero-order valence-electron chi connectivity index (χ0n) is 28.7. The van der Waals surface area contributed by atoms with E-state index in [0.29, 0.717) is 0 Å². The largest absolute Gasteiger partial charge is 0.673 e. The Morgan fingerprint density at radius 1 is 0.379 bits per heavy atom. The first-order chi connectivity index (χ1) is 26.0. The second-order valence-corrected chi connectivity index (χ2v) is 10.5. The average Bonchev–Trinajstić information content (AvgIpc) is 3.11. The first kappa shape index (κ1) is 51.3. The van der Waals surface area contributed by atoms with Crippen LogP contribution in [-0.4, -0.2) is 37.2 Å². The Morgan fingerprint density at radius 3 is 0.828 bits per heavy atom. The number of pyridine rings is 4. The van der Waals surface area contributed by atoms with E-state index in [2.05, 4.69) is 19.4 Å². The summed E-state index contributed by atoms with van der Waals surface area (Å²) in [6.45, 7) is 0. The van der Waals surface area contributed by atoms with Crippen LogP contribution in [-0.2, 0) is 0 Å². The number of hydrogen-bond donors (Lipinski definition) is 0. The van der Waals surface area contributed by atoms with Crippen LogP contribution < -0.4 is 18.6 Å². The van der Waals surface area contributed by atoms with Crippen LogP contribution in [0.1, 0.15) is 0 Å². The number of halogens is 16. The Balaban J connectivity index is 0.000000458. The highest BCUT2D eigenvalue weighted by Gasteiger charge is 2.32. The highest BCUT2D eigenvalue weighted by atomic mass is 127. The fraction of sp³-hybridized carbons (Fsp3) is 0.0588. The number of nitrogens with zero attached hydrogens (tertiary/aromatic N) is 4. The van der Waals surface area contributed by atoms with Gasteiger partial charge in [0.15, 0.2) is 24.8 Å². The highest BCUT2D eigenvalue weighted by Crippen LogP contribution is 2.24. The molecular weight excluding hydrogens is 1040 g/mol. The molecule has 0 bridgehead atoms. The molecule has 0 spiro atoms. The fourth-order valence-electron chi connectivity index (χ4n) is 4.31. The lowest BCUT2D eigenvalue weighted by Gasteiger charge is -2.08. The first-order valence-corrected chi connectivity index (χ1v) is 15.3. The second kappa shape index (κ2) is 23.0. The predicted octanol–water partition coefficient (Wildman–Crippen LogP) is 11.7. The molecule has 58 heavy (non-hydrogen) atoms. The number of aromatic nitrogens is 4. The van der Waals surface area contributed by atoms with E-state index in [4.69, 9.17) is 0 Å². The summed E-state index contributed by atoms with van der Waals surface area (Å²) in [6.07, 6.45) is 4.88. The molecule has 0 N–H and O–H groups in total. The lowest BCUT2D eigenvalue weighted by atomic mass is 10.1. The Bertz CT molecular complexity index is 1890. The normalized spacial score (nSPS) is 11.0. The van der Waals surface area contributed by atoms with Gasteiger partial charge in [0.1, 0.15) is 11.5 Å². The molecule has 24 heteroatoms. The molecule has 312 valence electrons. The maximum atomic E-state index is 12.1. The Hall–Kier alpha value is -4.75. The van der Waals surface area contributed by atoms with Gasteiger partial charge in [0.05, 0.1) is 0 Å². The minimum absolute atomic E-state index is 0. The summed E-state index contributed by atoms with van der Waals surface area (Å²) in [4.78, 5) is 7.94. The van der Waals surface area contributed by atoms with Gasteiger partial charge in [-0.15, -0.1) is 74.3 Å². The fourth-order valence-corrected chi connectivity index (χ4v) is 4.31. The zero-order valence-corrected chi connectivity index (χ0v) is 33.4. The van der Waals surface area contributed by atoms with E-state index in [1.165, 1.54) is 24.3 Å². The lowest BCUT2D eigenvalue weighted by Crippen LogP contribution is -2.29. The van der Waals surface area contributed by atoms with Gasteiger partial charge in [-0.1, -0.05) is 0 Å². The minimum atomic E-state index is -6.00. The minimum Gasteiger partial charge on any atom is -0.418 e. The van der Waals surface area contributed by atoms with E-state index >= 15 is 0 Å². The molecule has 0 amide bonds. The van der Waals surface area contributed by atoms with E-state index in [1.807, 2.05) is 82.5 Å². The predicted molar refractivity (Wildman–Crippen MR) is 207 cm³/mol. The van der Waals surface area contributed by atoms with Gasteiger partial charge in [-0.25, -0.2) is 0 Å². The third-order valence-corrected chi connectivity index (χ3v) is 6.42. The number of alkyl halides is 6. The molecule has 6 aromatic rings. The molecule has 6 nitrogen and oxygen atoms in total. The van der Waals surface area contributed by atoms with Crippen molar-refractivity contribution in [1.29, 1.82) is 0 Å². The second-order valence-electron chi connectivity index (χ2n) is 10.5. The molecular formula is C34H26B2F14I2N4O2. The van der Waals surface area contributed by atoms with E-state index in [0.717, 1.165) is 33.6 Å². The van der Waals surface area contributed by atoms with E-state index < -0.39 is 27.2 Å². The number of benzene rings is 2. The van der Waals surface area contributed by atoms with Crippen LogP contribution in [0, 0.1) is 0 Å². The third-order valence-electron chi connectivity index (χ3n) is 6.42. The van der Waals surface area contributed by atoms with Gasteiger partial charge >= 0.3 is 27.2 Å². The monoisotopic (exact) mass is 1060 g/mol. The molecule has 4 heterocycles. The van der Waals surface area contributed by atoms with Crippen LogP contribution in [0.3, 0.4) is 0 Å². The summed E-state index contributed by atoms with van der Waals surface area (Å²) in [5.41, 5.74) is 5.62. The smallest absolute Gasteiger partial charge is 0.418 e. The maximum absolute atomic E-state index is 12.1. The van der Waals surface area contributed by atoms with Crippen molar-refractivity contribution in [3.63, 3.8) is 0 Å². The summed E-state index contributed by atoms with van der Waals surface area (Å²) in [6, 6.07) is 26.7. The van der Waals surface area contributed by atoms with Crippen molar-refractivity contribution in [2.24, 2.45) is 0 Å². The van der Waals surface area contributed by atoms with Crippen molar-refractivity contribution in [2.75, 3.05) is 0 Å². The summed E-state index contributed by atoms with van der Waals surface area (Å²) in [5, 5.41) is 0. The van der Waals surface area contributed by atoms with Crippen LogP contribution in [0.4, 0.5) is 60.9 Å². The van der Waals surface area contributed by atoms with Crippen LogP contribution in [0.25, 0.3) is 33.6 Å². The van der Waals surface area contributed by atoms with Gasteiger partial charge < -0.3 is 44.0 Å². The van der Waals surface area contributed by atoms with Gasteiger partial charge in [0.2, 0.25) is 11.4 Å². The maximum Gasteiger partial charge on any atom is 0.673 e. The van der Waals surface area contributed by atoms with Crippen LogP contribution in [0.5, 0.6) is 11.5 Å². The molecule has 0 aliphatic carbocycles. The van der Waals surface area contributed by atoms with Gasteiger partial charge in [-0.2, -0.15) is 9.13 Å².